The summed E-state index contributed by atoms with van der Waals surface area (Å²) in [7, 11) is 1.58. The van der Waals surface area contributed by atoms with Gasteiger partial charge < -0.3 is 15.8 Å². The van der Waals surface area contributed by atoms with E-state index in [1.54, 1.807) is 7.11 Å². The molecule has 0 heterocycles. The van der Waals surface area contributed by atoms with Crippen LogP contribution in [0.1, 0.15) is 11.6 Å². The molecule has 3 N–H and O–H groups in total. The van der Waals surface area contributed by atoms with Gasteiger partial charge in [0, 0.05) is 8.95 Å². The predicted octanol–water partition coefficient (Wildman–Crippen LogP) is 3.86. The molecule has 21 heavy (non-hydrogen) atoms. The molecule has 6 heteroatoms. The highest BCUT2D eigenvalue weighted by Crippen LogP contribution is 2.31. The number of nitrogens with one attached hydrogen (secondary N) is 1. The summed E-state index contributed by atoms with van der Waals surface area (Å²) in [6.07, 6.45) is 0. The van der Waals surface area contributed by atoms with Crippen LogP contribution in [0.2, 0.25) is 0 Å². The lowest BCUT2D eigenvalue weighted by Gasteiger charge is -2.19. The lowest BCUT2D eigenvalue weighted by Crippen LogP contribution is -2.27. The maximum absolute atomic E-state index is 11.8. The van der Waals surface area contributed by atoms with Gasteiger partial charge in [0.05, 0.1) is 12.8 Å². The molecular formula is C15H14Br2N2O2. The Balaban J connectivity index is 2.35. The minimum atomic E-state index is -0.648. The van der Waals surface area contributed by atoms with Gasteiger partial charge in [-0.05, 0) is 61.7 Å². The van der Waals surface area contributed by atoms with E-state index in [1.165, 1.54) is 0 Å². The molecule has 0 bridgehead atoms. The van der Waals surface area contributed by atoms with Crippen LogP contribution in [0.3, 0.4) is 0 Å². The van der Waals surface area contributed by atoms with Crippen molar-refractivity contribution in [1.82, 2.24) is 0 Å². The summed E-state index contributed by atoms with van der Waals surface area (Å²) >= 11 is 6.83. The van der Waals surface area contributed by atoms with Gasteiger partial charge in [0.25, 0.3) is 0 Å². The van der Waals surface area contributed by atoms with Gasteiger partial charge in [-0.15, -0.1) is 0 Å². The number of methoxy groups -OCH3 is 1. The second-order valence-electron chi connectivity index (χ2n) is 4.35. The summed E-state index contributed by atoms with van der Waals surface area (Å²) in [4.78, 5) is 11.8. The summed E-state index contributed by atoms with van der Waals surface area (Å²) in [5, 5.41) is 3.13. The number of primary amides is 1. The average molecular weight is 414 g/mol. The van der Waals surface area contributed by atoms with Crippen LogP contribution >= 0.6 is 31.9 Å². The van der Waals surface area contributed by atoms with Crippen molar-refractivity contribution in [2.75, 3.05) is 12.4 Å². The lowest BCUT2D eigenvalue weighted by atomic mass is 10.1. The third-order valence-electron chi connectivity index (χ3n) is 2.97. The van der Waals surface area contributed by atoms with E-state index in [0.717, 1.165) is 14.5 Å². The molecule has 0 fully saturated rings. The first kappa shape index (κ1) is 15.9. The topological polar surface area (TPSA) is 64.3 Å². The van der Waals surface area contributed by atoms with Crippen LogP contribution < -0.4 is 15.8 Å². The normalized spacial score (nSPS) is 11.8. The number of benzene rings is 2. The number of carbonyl (C=O) groups is 1. The van der Waals surface area contributed by atoms with Gasteiger partial charge in [0.15, 0.2) is 0 Å². The smallest absolute Gasteiger partial charge is 0.244 e. The number of hydrogen-bond acceptors (Lipinski definition) is 3. The molecule has 0 aliphatic rings. The largest absolute Gasteiger partial charge is 0.495 e. The summed E-state index contributed by atoms with van der Waals surface area (Å²) in [5.74, 6) is 0.190. The Morgan fingerprint density at radius 3 is 2.52 bits per heavy atom. The molecule has 1 atom stereocenters. The number of rotatable bonds is 5. The van der Waals surface area contributed by atoms with E-state index in [0.29, 0.717) is 11.4 Å². The zero-order chi connectivity index (χ0) is 15.4. The maximum Gasteiger partial charge on any atom is 0.244 e. The molecule has 0 aromatic heterocycles. The molecule has 4 nitrogen and oxygen atoms in total. The molecular weight excluding hydrogens is 400 g/mol. The number of carbonyl (C=O) groups excluding carboxylic acids is 1. The molecule has 2 aromatic rings. The molecule has 0 radical (unpaired) electrons. The number of hydrogen-bond donors (Lipinski definition) is 2. The predicted molar refractivity (Wildman–Crippen MR) is 90.4 cm³/mol. The molecule has 0 aliphatic carbocycles. The van der Waals surface area contributed by atoms with Crippen LogP contribution in [0.4, 0.5) is 5.69 Å². The van der Waals surface area contributed by atoms with Crippen molar-refractivity contribution in [1.29, 1.82) is 0 Å². The number of para-hydroxylation sites is 2. The fraction of sp³-hybridized carbons (Fsp3) is 0.133. The highest BCUT2D eigenvalue weighted by molar-refractivity contribution is 9.13. The Bertz CT molecular complexity index is 662. The highest BCUT2D eigenvalue weighted by Gasteiger charge is 2.19. The fourth-order valence-electron chi connectivity index (χ4n) is 1.93. The third kappa shape index (κ3) is 3.77. The van der Waals surface area contributed by atoms with Crippen LogP contribution in [0.5, 0.6) is 5.75 Å². The van der Waals surface area contributed by atoms with Crippen molar-refractivity contribution < 1.29 is 9.53 Å². The monoisotopic (exact) mass is 412 g/mol. The Kier molecular flexibility index (Phi) is 5.25. The second-order valence-corrected chi connectivity index (χ2v) is 6.06. The van der Waals surface area contributed by atoms with Crippen LogP contribution in [0.15, 0.2) is 51.4 Å². The molecule has 1 unspecified atom stereocenters. The van der Waals surface area contributed by atoms with Crippen LogP contribution in [-0.4, -0.2) is 13.0 Å². The van der Waals surface area contributed by atoms with Gasteiger partial charge in [-0.1, -0.05) is 18.2 Å². The SMILES string of the molecule is COc1ccccc1NC(C(N)=O)c1ccc(Br)c(Br)c1. The van der Waals surface area contributed by atoms with Crippen molar-refractivity contribution >= 4 is 43.5 Å². The summed E-state index contributed by atoms with van der Waals surface area (Å²) < 4.78 is 7.04. The average Bonchev–Trinajstić information content (AvgIpc) is 2.48. The van der Waals surface area contributed by atoms with E-state index < -0.39 is 11.9 Å². The van der Waals surface area contributed by atoms with Crippen LogP contribution in [-0.2, 0) is 4.79 Å². The number of halogens is 2. The molecule has 0 saturated carbocycles. The van der Waals surface area contributed by atoms with Gasteiger partial charge in [-0.2, -0.15) is 0 Å². The first-order valence-electron chi connectivity index (χ1n) is 6.16. The van der Waals surface area contributed by atoms with E-state index in [-0.39, 0.29) is 0 Å². The van der Waals surface area contributed by atoms with Crippen molar-refractivity contribution in [3.63, 3.8) is 0 Å². The minimum absolute atomic E-state index is 0.463. The Morgan fingerprint density at radius 1 is 1.19 bits per heavy atom. The highest BCUT2D eigenvalue weighted by atomic mass is 79.9. The third-order valence-corrected chi connectivity index (χ3v) is 4.85. The van der Waals surface area contributed by atoms with Gasteiger partial charge in [0.1, 0.15) is 11.8 Å². The zero-order valence-corrected chi connectivity index (χ0v) is 14.4. The Hall–Kier alpha value is -1.53. The number of amides is 1. The number of nitrogens with two attached hydrogens (primary N) is 1. The minimum Gasteiger partial charge on any atom is -0.495 e. The molecule has 0 spiro atoms. The van der Waals surface area contributed by atoms with Crippen molar-refractivity contribution in [2.45, 2.75) is 6.04 Å². The molecule has 1 amide bonds. The van der Waals surface area contributed by atoms with Gasteiger partial charge in [0.2, 0.25) is 5.91 Å². The van der Waals surface area contributed by atoms with Gasteiger partial charge in [-0.25, -0.2) is 0 Å². The van der Waals surface area contributed by atoms with Gasteiger partial charge in [-0.3, -0.25) is 4.79 Å². The van der Waals surface area contributed by atoms with Crippen LogP contribution in [0, 0.1) is 0 Å². The Morgan fingerprint density at radius 2 is 1.90 bits per heavy atom. The van der Waals surface area contributed by atoms with Gasteiger partial charge >= 0.3 is 0 Å². The van der Waals surface area contributed by atoms with E-state index >= 15 is 0 Å². The summed E-state index contributed by atoms with van der Waals surface area (Å²) in [5.41, 5.74) is 7.01. The first-order valence-corrected chi connectivity index (χ1v) is 7.75. The summed E-state index contributed by atoms with van der Waals surface area (Å²) in [6, 6.07) is 12.3. The fourth-order valence-corrected chi connectivity index (χ4v) is 2.57. The molecule has 0 aliphatic heterocycles. The molecule has 2 aromatic carbocycles. The number of anilines is 1. The van der Waals surface area contributed by atoms with Crippen molar-refractivity contribution in [3.8, 4) is 5.75 Å². The second kappa shape index (κ2) is 6.95. The molecule has 0 saturated heterocycles. The van der Waals surface area contributed by atoms with E-state index in [1.807, 2.05) is 42.5 Å². The van der Waals surface area contributed by atoms with E-state index in [9.17, 15) is 4.79 Å². The van der Waals surface area contributed by atoms with E-state index in [2.05, 4.69) is 37.2 Å². The van der Waals surface area contributed by atoms with Crippen molar-refractivity contribution in [2.24, 2.45) is 5.73 Å². The maximum atomic E-state index is 11.8. The molecule has 2 rings (SSSR count). The molecule has 110 valence electrons. The van der Waals surface area contributed by atoms with Crippen LogP contribution in [0.25, 0.3) is 0 Å². The number of ether oxygens (including phenoxy) is 1. The first-order chi connectivity index (χ1) is 10.0. The van der Waals surface area contributed by atoms with E-state index in [4.69, 9.17) is 10.5 Å². The summed E-state index contributed by atoms with van der Waals surface area (Å²) in [6.45, 7) is 0. The quantitative estimate of drug-likeness (QED) is 0.782. The zero-order valence-electron chi connectivity index (χ0n) is 11.3. The lowest BCUT2D eigenvalue weighted by molar-refractivity contribution is -0.118. The van der Waals surface area contributed by atoms with Crippen molar-refractivity contribution in [3.05, 3.63) is 57.0 Å². The Labute approximate surface area is 139 Å². The standard InChI is InChI=1S/C15H14Br2N2O2/c1-21-13-5-3-2-4-12(13)19-14(15(18)20)9-6-7-10(16)11(17)8-9/h2-8,14,19H,1H3,(H2,18,20).